The smallest absolute Gasteiger partial charge is 0.422 e. The van der Waals surface area contributed by atoms with Crippen LogP contribution in [0.1, 0.15) is 36.0 Å². The van der Waals surface area contributed by atoms with Gasteiger partial charge in [-0.05, 0) is 39.1 Å². The van der Waals surface area contributed by atoms with E-state index in [2.05, 4.69) is 19.9 Å². The van der Waals surface area contributed by atoms with Crippen molar-refractivity contribution in [2.75, 3.05) is 27.2 Å². The predicted octanol–water partition coefficient (Wildman–Crippen LogP) is 2.63. The average molecular weight is 345 g/mol. The van der Waals surface area contributed by atoms with Crippen molar-refractivity contribution < 1.29 is 22.7 Å². The molecule has 0 spiro atoms. The van der Waals surface area contributed by atoms with Crippen LogP contribution in [0.15, 0.2) is 18.3 Å². The molecule has 0 aromatic carbocycles. The van der Waals surface area contributed by atoms with E-state index in [1.807, 2.05) is 14.1 Å². The lowest BCUT2D eigenvalue weighted by Gasteiger charge is -2.36. The molecule has 1 heterocycles. The summed E-state index contributed by atoms with van der Waals surface area (Å²) in [6, 6.07) is 2.90. The Labute approximate surface area is 139 Å². The van der Waals surface area contributed by atoms with Gasteiger partial charge >= 0.3 is 6.18 Å². The van der Waals surface area contributed by atoms with Crippen LogP contribution in [-0.2, 0) is 0 Å². The van der Waals surface area contributed by atoms with Crippen LogP contribution in [0.25, 0.3) is 0 Å². The molecule has 1 aliphatic rings. The number of ether oxygens (including phenoxy) is 1. The highest BCUT2D eigenvalue weighted by atomic mass is 19.4. The first-order chi connectivity index (χ1) is 11.2. The Morgan fingerprint density at radius 1 is 1.38 bits per heavy atom. The number of pyridine rings is 1. The highest BCUT2D eigenvalue weighted by molar-refractivity contribution is 5.96. The van der Waals surface area contributed by atoms with Crippen LogP contribution in [0, 0.1) is 0 Å². The second-order valence-corrected chi connectivity index (χ2v) is 6.27. The maximum absolute atomic E-state index is 12.4. The summed E-state index contributed by atoms with van der Waals surface area (Å²) in [7, 11) is 3.94. The molecule has 5 nitrogen and oxygen atoms in total. The van der Waals surface area contributed by atoms with E-state index in [1.54, 1.807) is 0 Å². The molecular weight excluding hydrogens is 323 g/mol. The minimum absolute atomic E-state index is 0.00801. The Hall–Kier alpha value is -1.83. The fourth-order valence-electron chi connectivity index (χ4n) is 2.98. The summed E-state index contributed by atoms with van der Waals surface area (Å²) in [5.41, 5.74) is -0.0983. The Morgan fingerprint density at radius 3 is 2.62 bits per heavy atom. The predicted molar refractivity (Wildman–Crippen MR) is 83.0 cm³/mol. The van der Waals surface area contributed by atoms with Gasteiger partial charge in [-0.25, -0.2) is 4.98 Å². The van der Waals surface area contributed by atoms with Gasteiger partial charge in [-0.15, -0.1) is 0 Å². The molecular formula is C16H22F3N3O2. The van der Waals surface area contributed by atoms with Crippen LogP contribution in [-0.4, -0.2) is 54.8 Å². The zero-order valence-corrected chi connectivity index (χ0v) is 13.8. The van der Waals surface area contributed by atoms with Crippen molar-refractivity contribution in [2.24, 2.45) is 0 Å². The third kappa shape index (κ3) is 4.59. The second kappa shape index (κ2) is 7.38. The number of hydrogen-bond donors (Lipinski definition) is 1. The molecule has 0 radical (unpaired) electrons. The van der Waals surface area contributed by atoms with E-state index in [9.17, 15) is 18.0 Å². The van der Waals surface area contributed by atoms with Gasteiger partial charge in [-0.2, -0.15) is 13.2 Å². The topological polar surface area (TPSA) is 54.5 Å². The molecule has 0 unspecified atom stereocenters. The molecule has 1 N–H and O–H groups in total. The van der Waals surface area contributed by atoms with Crippen molar-refractivity contribution in [1.29, 1.82) is 0 Å². The summed E-state index contributed by atoms with van der Waals surface area (Å²) in [5, 5.41) is 2.82. The standard InChI is InChI=1S/C16H22F3N3O2/c1-22(2)15(7-3-4-8-15)10-21-13(23)12-6-5-9-20-14(12)24-11-16(17,18)19/h5-6,9H,3-4,7-8,10-11H2,1-2H3,(H,21,23). The fraction of sp³-hybridized carbons (Fsp3) is 0.625. The molecule has 134 valence electrons. The first kappa shape index (κ1) is 18.5. The van der Waals surface area contributed by atoms with E-state index in [-0.39, 0.29) is 17.0 Å². The van der Waals surface area contributed by atoms with Gasteiger partial charge in [-0.1, -0.05) is 12.8 Å². The number of halogens is 3. The van der Waals surface area contributed by atoms with Crippen molar-refractivity contribution in [3.63, 3.8) is 0 Å². The molecule has 0 aliphatic heterocycles. The third-order valence-electron chi connectivity index (χ3n) is 4.45. The normalized spacial score (nSPS) is 17.1. The zero-order valence-electron chi connectivity index (χ0n) is 13.8. The van der Waals surface area contributed by atoms with Crippen LogP contribution in [0.5, 0.6) is 5.88 Å². The van der Waals surface area contributed by atoms with Gasteiger partial charge in [0.05, 0.1) is 0 Å². The molecule has 0 atom stereocenters. The molecule has 1 fully saturated rings. The van der Waals surface area contributed by atoms with E-state index in [1.165, 1.54) is 18.3 Å². The molecule has 1 aromatic heterocycles. The highest BCUT2D eigenvalue weighted by Gasteiger charge is 2.36. The number of nitrogens with one attached hydrogen (secondary N) is 1. The van der Waals surface area contributed by atoms with Crippen molar-refractivity contribution in [3.8, 4) is 5.88 Å². The number of likely N-dealkylation sites (N-methyl/N-ethyl adjacent to an activating group) is 1. The fourth-order valence-corrected chi connectivity index (χ4v) is 2.98. The van der Waals surface area contributed by atoms with Crippen molar-refractivity contribution in [2.45, 2.75) is 37.4 Å². The lowest BCUT2D eigenvalue weighted by Crippen LogP contribution is -2.50. The maximum atomic E-state index is 12.4. The maximum Gasteiger partial charge on any atom is 0.422 e. The average Bonchev–Trinajstić information content (AvgIpc) is 3.00. The van der Waals surface area contributed by atoms with Crippen molar-refractivity contribution in [3.05, 3.63) is 23.9 Å². The highest BCUT2D eigenvalue weighted by Crippen LogP contribution is 2.33. The minimum atomic E-state index is -4.48. The van der Waals surface area contributed by atoms with Gasteiger partial charge in [0.2, 0.25) is 5.88 Å². The van der Waals surface area contributed by atoms with Gasteiger partial charge in [-0.3, -0.25) is 4.79 Å². The number of carbonyl (C=O) groups is 1. The van der Waals surface area contributed by atoms with Crippen LogP contribution < -0.4 is 10.1 Å². The van der Waals surface area contributed by atoms with Gasteiger partial charge < -0.3 is 15.0 Å². The minimum Gasteiger partial charge on any atom is -0.467 e. The third-order valence-corrected chi connectivity index (χ3v) is 4.45. The van der Waals surface area contributed by atoms with E-state index in [4.69, 9.17) is 0 Å². The van der Waals surface area contributed by atoms with E-state index < -0.39 is 18.7 Å². The largest absolute Gasteiger partial charge is 0.467 e. The number of carbonyl (C=O) groups excluding carboxylic acids is 1. The van der Waals surface area contributed by atoms with E-state index in [0.29, 0.717) is 6.54 Å². The molecule has 24 heavy (non-hydrogen) atoms. The Morgan fingerprint density at radius 2 is 2.04 bits per heavy atom. The molecule has 1 aliphatic carbocycles. The summed E-state index contributed by atoms with van der Waals surface area (Å²) >= 11 is 0. The Bertz CT molecular complexity index is 570. The van der Waals surface area contributed by atoms with Crippen LogP contribution in [0.4, 0.5) is 13.2 Å². The first-order valence-corrected chi connectivity index (χ1v) is 7.84. The zero-order chi connectivity index (χ0) is 17.8. The summed E-state index contributed by atoms with van der Waals surface area (Å²) in [6.07, 6.45) is 0.960. The van der Waals surface area contributed by atoms with Gasteiger partial charge in [0.25, 0.3) is 5.91 Å². The van der Waals surface area contributed by atoms with Crippen LogP contribution in [0.2, 0.25) is 0 Å². The summed E-state index contributed by atoms with van der Waals surface area (Å²) in [4.78, 5) is 18.2. The molecule has 2 rings (SSSR count). The molecule has 0 saturated heterocycles. The first-order valence-electron chi connectivity index (χ1n) is 7.84. The molecule has 8 heteroatoms. The SMILES string of the molecule is CN(C)C1(CNC(=O)c2cccnc2OCC(F)(F)F)CCCC1. The second-order valence-electron chi connectivity index (χ2n) is 6.27. The van der Waals surface area contributed by atoms with Gasteiger partial charge in [0.1, 0.15) is 5.56 Å². The van der Waals surface area contributed by atoms with Gasteiger partial charge in [0.15, 0.2) is 6.61 Å². The number of amides is 1. The lowest BCUT2D eigenvalue weighted by atomic mass is 9.96. The molecule has 1 amide bonds. The summed E-state index contributed by atoms with van der Waals surface area (Å²) in [6.45, 7) is -1.04. The van der Waals surface area contributed by atoms with Crippen molar-refractivity contribution in [1.82, 2.24) is 15.2 Å². The number of aromatic nitrogens is 1. The Kier molecular flexibility index (Phi) is 5.69. The van der Waals surface area contributed by atoms with Crippen molar-refractivity contribution >= 4 is 5.91 Å². The molecule has 1 saturated carbocycles. The van der Waals surface area contributed by atoms with Gasteiger partial charge in [0, 0.05) is 18.3 Å². The molecule has 1 aromatic rings. The summed E-state index contributed by atoms with van der Waals surface area (Å²) < 4.78 is 41.6. The number of hydrogen-bond acceptors (Lipinski definition) is 4. The van der Waals surface area contributed by atoms with Crippen LogP contribution in [0.3, 0.4) is 0 Å². The quantitative estimate of drug-likeness (QED) is 0.861. The summed E-state index contributed by atoms with van der Waals surface area (Å²) in [5.74, 6) is -0.786. The van der Waals surface area contributed by atoms with Crippen LogP contribution >= 0.6 is 0 Å². The Balaban J connectivity index is 2.04. The van der Waals surface area contributed by atoms with E-state index >= 15 is 0 Å². The monoisotopic (exact) mass is 345 g/mol. The van der Waals surface area contributed by atoms with E-state index in [0.717, 1.165) is 25.7 Å². The number of rotatable bonds is 6. The molecule has 0 bridgehead atoms. The number of nitrogens with zero attached hydrogens (tertiary/aromatic N) is 2. The number of alkyl halides is 3. The lowest BCUT2D eigenvalue weighted by molar-refractivity contribution is -0.154.